The molecule has 1 unspecified atom stereocenters. The highest BCUT2D eigenvalue weighted by atomic mass is 16.5. The standard InChI is InChI=1S/C13H18N4O/c1-3-18-13-5-11(14)4-12(6-13)17-9(2)10-7-15-16-8-10/h4-9,17H,3,14H2,1-2H3,(H,15,16). The first kappa shape index (κ1) is 12.3. The monoisotopic (exact) mass is 246 g/mol. The maximum Gasteiger partial charge on any atom is 0.123 e. The van der Waals surface area contributed by atoms with Gasteiger partial charge in [0, 0.05) is 35.3 Å². The van der Waals surface area contributed by atoms with Crippen LogP contribution in [-0.2, 0) is 0 Å². The molecule has 0 fully saturated rings. The minimum atomic E-state index is 0.153. The van der Waals surface area contributed by atoms with Gasteiger partial charge in [-0.25, -0.2) is 0 Å². The Bertz CT molecular complexity index is 496. The molecule has 1 atom stereocenters. The van der Waals surface area contributed by atoms with Gasteiger partial charge in [-0.2, -0.15) is 5.10 Å². The number of nitrogens with zero attached hydrogens (tertiary/aromatic N) is 1. The van der Waals surface area contributed by atoms with Crippen LogP contribution in [-0.4, -0.2) is 16.8 Å². The van der Waals surface area contributed by atoms with Crippen LogP contribution in [0.3, 0.4) is 0 Å². The molecule has 4 N–H and O–H groups in total. The van der Waals surface area contributed by atoms with Crippen molar-refractivity contribution in [1.82, 2.24) is 10.2 Å². The van der Waals surface area contributed by atoms with E-state index in [1.165, 1.54) is 0 Å². The molecule has 0 saturated heterocycles. The van der Waals surface area contributed by atoms with Crippen LogP contribution in [0.15, 0.2) is 30.6 Å². The van der Waals surface area contributed by atoms with Crippen molar-refractivity contribution in [3.05, 3.63) is 36.2 Å². The number of rotatable bonds is 5. The number of nitrogens with two attached hydrogens (primary N) is 1. The summed E-state index contributed by atoms with van der Waals surface area (Å²) >= 11 is 0. The van der Waals surface area contributed by atoms with Crippen LogP contribution in [0.2, 0.25) is 0 Å². The van der Waals surface area contributed by atoms with Crippen molar-refractivity contribution in [1.29, 1.82) is 0 Å². The Morgan fingerprint density at radius 2 is 2.28 bits per heavy atom. The molecular weight excluding hydrogens is 228 g/mol. The van der Waals surface area contributed by atoms with E-state index in [0.29, 0.717) is 12.3 Å². The molecule has 1 aromatic heterocycles. The fraction of sp³-hybridized carbons (Fsp3) is 0.308. The van der Waals surface area contributed by atoms with Crippen molar-refractivity contribution < 1.29 is 4.74 Å². The zero-order chi connectivity index (χ0) is 13.0. The van der Waals surface area contributed by atoms with Gasteiger partial charge in [0.25, 0.3) is 0 Å². The molecule has 1 heterocycles. The Morgan fingerprint density at radius 3 is 2.94 bits per heavy atom. The molecule has 0 saturated carbocycles. The van der Waals surface area contributed by atoms with E-state index in [2.05, 4.69) is 22.4 Å². The predicted octanol–water partition coefficient (Wildman–Crippen LogP) is 2.56. The van der Waals surface area contributed by atoms with Gasteiger partial charge in [-0.3, -0.25) is 5.10 Å². The summed E-state index contributed by atoms with van der Waals surface area (Å²) in [6, 6.07) is 5.80. The minimum Gasteiger partial charge on any atom is -0.494 e. The van der Waals surface area contributed by atoms with Crippen LogP contribution >= 0.6 is 0 Å². The van der Waals surface area contributed by atoms with Crippen molar-refractivity contribution in [2.45, 2.75) is 19.9 Å². The first-order valence-corrected chi connectivity index (χ1v) is 5.97. The van der Waals surface area contributed by atoms with Crippen molar-refractivity contribution in [3.8, 4) is 5.75 Å². The zero-order valence-electron chi connectivity index (χ0n) is 10.6. The summed E-state index contributed by atoms with van der Waals surface area (Å²) in [5, 5.41) is 10.1. The lowest BCUT2D eigenvalue weighted by Gasteiger charge is -2.15. The van der Waals surface area contributed by atoms with Gasteiger partial charge < -0.3 is 15.8 Å². The van der Waals surface area contributed by atoms with Crippen molar-refractivity contribution >= 4 is 11.4 Å². The molecule has 0 bridgehead atoms. The third-order valence-electron chi connectivity index (χ3n) is 2.64. The van der Waals surface area contributed by atoms with Gasteiger partial charge in [0.05, 0.1) is 18.8 Å². The van der Waals surface area contributed by atoms with E-state index in [4.69, 9.17) is 10.5 Å². The van der Waals surface area contributed by atoms with Gasteiger partial charge in [-0.1, -0.05) is 0 Å². The molecule has 0 aliphatic heterocycles. The lowest BCUT2D eigenvalue weighted by atomic mass is 10.1. The van der Waals surface area contributed by atoms with E-state index in [1.807, 2.05) is 31.3 Å². The summed E-state index contributed by atoms with van der Waals surface area (Å²) in [5.41, 5.74) is 8.56. The first-order valence-electron chi connectivity index (χ1n) is 5.97. The molecule has 2 rings (SSSR count). The molecule has 0 amide bonds. The molecule has 0 spiro atoms. The van der Waals surface area contributed by atoms with Gasteiger partial charge in [0.2, 0.25) is 0 Å². The smallest absolute Gasteiger partial charge is 0.123 e. The van der Waals surface area contributed by atoms with Crippen LogP contribution in [0.25, 0.3) is 0 Å². The van der Waals surface area contributed by atoms with E-state index in [-0.39, 0.29) is 6.04 Å². The number of ether oxygens (including phenoxy) is 1. The summed E-state index contributed by atoms with van der Waals surface area (Å²) in [7, 11) is 0. The molecule has 96 valence electrons. The highest BCUT2D eigenvalue weighted by molar-refractivity contribution is 5.59. The first-order chi connectivity index (χ1) is 8.69. The second-order valence-electron chi connectivity index (χ2n) is 4.12. The Kier molecular flexibility index (Phi) is 3.72. The largest absolute Gasteiger partial charge is 0.494 e. The van der Waals surface area contributed by atoms with E-state index < -0.39 is 0 Å². The molecule has 5 nitrogen and oxygen atoms in total. The number of nitrogens with one attached hydrogen (secondary N) is 2. The lowest BCUT2D eigenvalue weighted by Crippen LogP contribution is -2.06. The Balaban J connectivity index is 2.13. The lowest BCUT2D eigenvalue weighted by molar-refractivity contribution is 0.340. The molecule has 1 aromatic carbocycles. The second kappa shape index (κ2) is 5.44. The summed E-state index contributed by atoms with van der Waals surface area (Å²) in [5.74, 6) is 0.777. The summed E-state index contributed by atoms with van der Waals surface area (Å²) < 4.78 is 5.46. The Morgan fingerprint density at radius 1 is 1.44 bits per heavy atom. The van der Waals surface area contributed by atoms with Crippen LogP contribution in [0.5, 0.6) is 5.75 Å². The van der Waals surface area contributed by atoms with Crippen LogP contribution in [0.4, 0.5) is 11.4 Å². The maximum absolute atomic E-state index is 5.85. The molecule has 0 aliphatic rings. The number of nitrogen functional groups attached to an aromatic ring is 1. The molecule has 0 radical (unpaired) electrons. The van der Waals surface area contributed by atoms with Gasteiger partial charge in [-0.05, 0) is 19.9 Å². The van der Waals surface area contributed by atoms with Crippen LogP contribution < -0.4 is 15.8 Å². The Hall–Kier alpha value is -2.17. The average molecular weight is 246 g/mol. The second-order valence-corrected chi connectivity index (χ2v) is 4.12. The predicted molar refractivity (Wildman–Crippen MR) is 72.6 cm³/mol. The van der Waals surface area contributed by atoms with Crippen LogP contribution in [0, 0.1) is 0 Å². The third-order valence-corrected chi connectivity index (χ3v) is 2.64. The maximum atomic E-state index is 5.85. The highest BCUT2D eigenvalue weighted by Crippen LogP contribution is 2.25. The number of anilines is 2. The molecule has 2 aromatic rings. The topological polar surface area (TPSA) is 76.0 Å². The fourth-order valence-corrected chi connectivity index (χ4v) is 1.79. The number of H-pyrrole nitrogens is 1. The van der Waals surface area contributed by atoms with Crippen molar-refractivity contribution in [2.75, 3.05) is 17.7 Å². The fourth-order valence-electron chi connectivity index (χ4n) is 1.79. The zero-order valence-corrected chi connectivity index (χ0v) is 10.6. The minimum absolute atomic E-state index is 0.153. The SMILES string of the molecule is CCOc1cc(N)cc(NC(C)c2cn[nH]c2)c1. The number of aromatic amines is 1. The summed E-state index contributed by atoms with van der Waals surface area (Å²) in [4.78, 5) is 0. The van der Waals surface area contributed by atoms with E-state index in [9.17, 15) is 0 Å². The molecule has 0 aliphatic carbocycles. The quantitative estimate of drug-likeness (QED) is 0.709. The van der Waals surface area contributed by atoms with Gasteiger partial charge in [0.15, 0.2) is 0 Å². The number of aromatic nitrogens is 2. The van der Waals surface area contributed by atoms with Gasteiger partial charge in [0.1, 0.15) is 5.75 Å². The number of benzene rings is 1. The Labute approximate surface area is 106 Å². The molecular formula is C13H18N4O. The average Bonchev–Trinajstić information content (AvgIpc) is 2.81. The van der Waals surface area contributed by atoms with Crippen LogP contribution in [0.1, 0.15) is 25.5 Å². The molecule has 5 heteroatoms. The van der Waals surface area contributed by atoms with Crippen molar-refractivity contribution in [2.24, 2.45) is 0 Å². The normalized spacial score (nSPS) is 12.1. The van der Waals surface area contributed by atoms with Gasteiger partial charge >= 0.3 is 0 Å². The van der Waals surface area contributed by atoms with E-state index >= 15 is 0 Å². The van der Waals surface area contributed by atoms with E-state index in [1.54, 1.807) is 6.20 Å². The summed E-state index contributed by atoms with van der Waals surface area (Å²) in [6.45, 7) is 4.64. The van der Waals surface area contributed by atoms with Crippen molar-refractivity contribution in [3.63, 3.8) is 0 Å². The number of hydrogen-bond acceptors (Lipinski definition) is 4. The number of hydrogen-bond donors (Lipinski definition) is 3. The third kappa shape index (κ3) is 2.94. The molecule has 18 heavy (non-hydrogen) atoms. The highest BCUT2D eigenvalue weighted by Gasteiger charge is 2.07. The van der Waals surface area contributed by atoms with E-state index in [0.717, 1.165) is 17.0 Å². The van der Waals surface area contributed by atoms with Gasteiger partial charge in [-0.15, -0.1) is 0 Å². The summed E-state index contributed by atoms with van der Waals surface area (Å²) in [6.07, 6.45) is 3.67.